The number of Topliss-reactive ketones (excluding diaryl/α,β-unsaturated/α-hetero) is 1. The lowest BCUT2D eigenvalue weighted by Gasteiger charge is -2.29. The summed E-state index contributed by atoms with van der Waals surface area (Å²) in [6.07, 6.45) is 9.45. The number of rotatable bonds is 6. The van der Waals surface area contributed by atoms with Gasteiger partial charge in [-0.15, -0.1) is 0 Å². The maximum Gasteiger partial charge on any atom is 0.310 e. The van der Waals surface area contributed by atoms with E-state index in [1.54, 1.807) is 12.0 Å². The Kier molecular flexibility index (Phi) is 8.52. The Balaban J connectivity index is 1.28. The van der Waals surface area contributed by atoms with Gasteiger partial charge >= 0.3 is 5.97 Å². The van der Waals surface area contributed by atoms with Gasteiger partial charge in [-0.3, -0.25) is 14.4 Å². The molecule has 1 N–H and O–H groups in total. The number of hydrogen-bond acceptors (Lipinski definition) is 7. The molecule has 43 heavy (non-hydrogen) atoms. The molecule has 3 heterocycles. The summed E-state index contributed by atoms with van der Waals surface area (Å²) >= 11 is 1.40. The summed E-state index contributed by atoms with van der Waals surface area (Å²) in [7, 11) is 1.62. The normalized spacial score (nSPS) is 28.8. The number of benzene rings is 2. The lowest BCUT2D eigenvalue weighted by molar-refractivity contribution is -0.147. The number of carboxylic acid groups (broad SMARTS) is 1. The van der Waals surface area contributed by atoms with E-state index in [-0.39, 0.29) is 36.5 Å². The third kappa shape index (κ3) is 6.32. The predicted molar refractivity (Wildman–Crippen MR) is 164 cm³/mol. The molecule has 2 aliphatic heterocycles. The van der Waals surface area contributed by atoms with Gasteiger partial charge in [-0.1, -0.05) is 66.7 Å². The average Bonchev–Trinajstić information content (AvgIpc) is 3.32. The minimum absolute atomic E-state index is 0.0490. The van der Waals surface area contributed by atoms with Gasteiger partial charge in [-0.05, 0) is 61.8 Å². The van der Waals surface area contributed by atoms with Gasteiger partial charge in [0.2, 0.25) is 5.91 Å². The van der Waals surface area contributed by atoms with Crippen molar-refractivity contribution in [3.63, 3.8) is 0 Å². The second kappa shape index (κ2) is 12.5. The number of fused-ring (bicyclic) bond motifs is 3. The molecular formula is C34H38N2O6S. The van der Waals surface area contributed by atoms with Crippen LogP contribution in [0.3, 0.4) is 0 Å². The number of allylic oxidation sites excluding steroid dienone is 2. The van der Waals surface area contributed by atoms with Gasteiger partial charge in [-0.2, -0.15) is 0 Å². The molecule has 0 spiro atoms. The number of nitrogens with zero attached hydrogens (tertiary/aromatic N) is 2. The van der Waals surface area contributed by atoms with E-state index in [0.29, 0.717) is 24.5 Å². The largest absolute Gasteiger partial charge is 0.497 e. The molecule has 2 fully saturated rings. The Hall–Kier alpha value is -3.72. The first kappa shape index (κ1) is 29.4. The minimum atomic E-state index is -1.09. The van der Waals surface area contributed by atoms with Gasteiger partial charge in [-0.25, -0.2) is 4.98 Å². The van der Waals surface area contributed by atoms with Crippen molar-refractivity contribution >= 4 is 39.2 Å². The number of aliphatic carboxylic acids is 1. The van der Waals surface area contributed by atoms with Crippen molar-refractivity contribution in [3.8, 4) is 10.9 Å². The number of carbonyl (C=O) groups is 3. The number of amides is 1. The second-order valence-electron chi connectivity index (χ2n) is 12.2. The number of ether oxygens (including phenoxy) is 2. The van der Waals surface area contributed by atoms with Crippen molar-refractivity contribution in [1.82, 2.24) is 9.88 Å². The number of carboxylic acids is 1. The van der Waals surface area contributed by atoms with E-state index in [1.165, 1.54) is 11.3 Å². The highest BCUT2D eigenvalue weighted by Gasteiger charge is 2.61. The van der Waals surface area contributed by atoms with E-state index in [1.807, 2.05) is 54.6 Å². The van der Waals surface area contributed by atoms with Gasteiger partial charge in [0.1, 0.15) is 11.9 Å². The van der Waals surface area contributed by atoms with Crippen LogP contribution in [0.25, 0.3) is 10.2 Å². The molecule has 5 atom stereocenters. The zero-order chi connectivity index (χ0) is 30.0. The second-order valence-corrected chi connectivity index (χ2v) is 13.2. The van der Waals surface area contributed by atoms with Crippen LogP contribution in [0.4, 0.5) is 0 Å². The van der Waals surface area contributed by atoms with Crippen molar-refractivity contribution in [2.75, 3.05) is 13.7 Å². The molecule has 2 aromatic carbocycles. The van der Waals surface area contributed by atoms with Gasteiger partial charge in [0.05, 0.1) is 35.3 Å². The molecule has 8 nitrogen and oxygen atoms in total. The molecule has 6 rings (SSSR count). The van der Waals surface area contributed by atoms with Crippen molar-refractivity contribution < 1.29 is 29.0 Å². The monoisotopic (exact) mass is 602 g/mol. The first-order valence-electron chi connectivity index (χ1n) is 15.2. The van der Waals surface area contributed by atoms with Crippen LogP contribution >= 0.6 is 11.3 Å². The smallest absolute Gasteiger partial charge is 0.310 e. The zero-order valence-corrected chi connectivity index (χ0v) is 25.3. The molecule has 1 amide bonds. The van der Waals surface area contributed by atoms with Gasteiger partial charge in [0.15, 0.2) is 5.78 Å². The van der Waals surface area contributed by atoms with E-state index in [0.717, 1.165) is 53.6 Å². The summed E-state index contributed by atoms with van der Waals surface area (Å²) in [5, 5.41) is 10.6. The fourth-order valence-electron chi connectivity index (χ4n) is 6.71. The van der Waals surface area contributed by atoms with Crippen molar-refractivity contribution in [3.05, 3.63) is 66.2 Å². The van der Waals surface area contributed by atoms with E-state index >= 15 is 0 Å². The number of thiazole rings is 1. The standard InChI is InChI=1S/C34H38N2O6S/c1-41-25-14-15-27-30(18-25)43-33(35-27)42-26-17-28-29(37)20-34(32(39)40)19-24(34)13-9-4-2-3-8-12-23(31(38)36(28)21-26)16-22-10-6-5-7-11-22/h5-7,9-11,13-15,18,23-24,26,28H,2-4,8,12,16-17,19-21H2,1H3,(H,39,40)/b13-9-/t23-,24-,26-,28+,34-/m1/s1. The fraction of sp³-hybridized carbons (Fsp3) is 0.471. The zero-order valence-electron chi connectivity index (χ0n) is 24.4. The highest BCUT2D eigenvalue weighted by Crippen LogP contribution is 2.57. The summed E-state index contributed by atoms with van der Waals surface area (Å²) in [6, 6.07) is 14.9. The van der Waals surface area contributed by atoms with Crippen LogP contribution in [0.2, 0.25) is 0 Å². The summed E-state index contributed by atoms with van der Waals surface area (Å²) in [4.78, 5) is 46.9. The lowest BCUT2D eigenvalue weighted by atomic mass is 9.90. The van der Waals surface area contributed by atoms with Crippen molar-refractivity contribution in [2.24, 2.45) is 17.3 Å². The van der Waals surface area contributed by atoms with Crippen molar-refractivity contribution in [2.45, 2.75) is 69.9 Å². The van der Waals surface area contributed by atoms with Crippen LogP contribution in [0, 0.1) is 17.3 Å². The SMILES string of the molecule is COc1ccc2nc(O[C@@H]3C[C@H]4C(=O)C[C@]5(C(=O)O)C[C@H]5/C=C\CCCCC[C@H](Cc5ccccc5)C(=O)N4C3)sc2c1. The van der Waals surface area contributed by atoms with Crippen LogP contribution in [0.15, 0.2) is 60.7 Å². The van der Waals surface area contributed by atoms with E-state index < -0.39 is 23.5 Å². The molecule has 1 aliphatic carbocycles. The molecule has 3 aliphatic rings. The summed E-state index contributed by atoms with van der Waals surface area (Å²) in [5.74, 6) is -0.866. The molecule has 0 unspecified atom stereocenters. The molecular weight excluding hydrogens is 564 g/mol. The highest BCUT2D eigenvalue weighted by atomic mass is 32.1. The maximum absolute atomic E-state index is 14.3. The molecule has 1 aromatic heterocycles. The molecule has 9 heteroatoms. The third-order valence-corrected chi connectivity index (χ3v) is 10.2. The topological polar surface area (TPSA) is 106 Å². The molecule has 226 valence electrons. The van der Waals surface area contributed by atoms with Gasteiger partial charge < -0.3 is 19.5 Å². The minimum Gasteiger partial charge on any atom is -0.497 e. The van der Waals surface area contributed by atoms with Crippen LogP contribution in [-0.4, -0.2) is 58.5 Å². The Labute approximate surface area is 255 Å². The first-order valence-corrected chi connectivity index (χ1v) is 16.1. The van der Waals surface area contributed by atoms with Crippen LogP contribution in [0.1, 0.15) is 56.9 Å². The van der Waals surface area contributed by atoms with E-state index in [4.69, 9.17) is 9.47 Å². The van der Waals surface area contributed by atoms with Gasteiger partial charge in [0, 0.05) is 18.8 Å². The number of ketones is 1. The summed E-state index contributed by atoms with van der Waals surface area (Å²) < 4.78 is 12.6. The number of aromatic nitrogens is 1. The van der Waals surface area contributed by atoms with Crippen LogP contribution in [-0.2, 0) is 20.8 Å². The van der Waals surface area contributed by atoms with E-state index in [9.17, 15) is 19.5 Å². The van der Waals surface area contributed by atoms with Crippen molar-refractivity contribution in [1.29, 1.82) is 0 Å². The molecule has 1 saturated carbocycles. The van der Waals surface area contributed by atoms with Crippen LogP contribution < -0.4 is 9.47 Å². The number of methoxy groups -OCH3 is 1. The molecule has 1 saturated heterocycles. The highest BCUT2D eigenvalue weighted by molar-refractivity contribution is 7.20. The molecule has 3 aromatic rings. The fourth-order valence-corrected chi connectivity index (χ4v) is 7.62. The Morgan fingerprint density at radius 3 is 2.77 bits per heavy atom. The number of carbonyl (C=O) groups excluding carboxylic acids is 2. The Morgan fingerprint density at radius 2 is 1.98 bits per heavy atom. The molecule has 0 radical (unpaired) electrons. The number of hydrogen-bond donors (Lipinski definition) is 1. The van der Waals surface area contributed by atoms with Crippen LogP contribution in [0.5, 0.6) is 10.9 Å². The predicted octanol–water partition coefficient (Wildman–Crippen LogP) is 6.08. The summed E-state index contributed by atoms with van der Waals surface area (Å²) in [5.41, 5.74) is 0.795. The molecule has 0 bridgehead atoms. The van der Waals surface area contributed by atoms with Gasteiger partial charge in [0.25, 0.3) is 5.19 Å². The quantitative estimate of drug-likeness (QED) is 0.341. The lowest BCUT2D eigenvalue weighted by Crippen LogP contribution is -2.45. The first-order chi connectivity index (χ1) is 20.9. The third-order valence-electron chi connectivity index (χ3n) is 9.28. The average molecular weight is 603 g/mol. The Morgan fingerprint density at radius 1 is 1.14 bits per heavy atom. The Bertz CT molecular complexity index is 1520. The maximum atomic E-state index is 14.3. The van der Waals surface area contributed by atoms with E-state index in [2.05, 4.69) is 11.1 Å². The summed E-state index contributed by atoms with van der Waals surface area (Å²) in [6.45, 7) is 0.267.